The molecule has 4 N–H and O–H groups in total. The van der Waals surface area contributed by atoms with Crippen molar-refractivity contribution < 1.29 is 5.11 Å². The summed E-state index contributed by atoms with van der Waals surface area (Å²) < 4.78 is 0. The molecule has 1 heterocycles. The zero-order chi connectivity index (χ0) is 7.56. The predicted octanol–water partition coefficient (Wildman–Crippen LogP) is -0.683. The maximum absolute atomic E-state index is 8.95. The molecule has 1 rings (SSSR count). The van der Waals surface area contributed by atoms with E-state index in [2.05, 4.69) is 15.2 Å². The molecule has 0 aliphatic carbocycles. The molecule has 1 atom stereocenters. The number of aromatic nitrogens is 3. The summed E-state index contributed by atoms with van der Waals surface area (Å²) in [4.78, 5) is 3.89. The Kier molecular flexibility index (Phi) is 1.98. The second-order valence-electron chi connectivity index (χ2n) is 2.02. The van der Waals surface area contributed by atoms with Gasteiger partial charge < -0.3 is 10.8 Å². The molecule has 0 amide bonds. The van der Waals surface area contributed by atoms with Crippen LogP contribution in [0.5, 0.6) is 0 Å². The minimum atomic E-state index is -0.628. The Hall–Kier alpha value is -0.940. The second kappa shape index (κ2) is 2.76. The van der Waals surface area contributed by atoms with Crippen LogP contribution in [0.3, 0.4) is 0 Å². The fraction of sp³-hybridized carbons (Fsp3) is 0.600. The van der Waals surface area contributed by atoms with Crippen molar-refractivity contribution in [2.75, 3.05) is 0 Å². The van der Waals surface area contributed by atoms with Gasteiger partial charge in [0.2, 0.25) is 0 Å². The Morgan fingerprint density at radius 2 is 2.50 bits per heavy atom. The number of hydrogen-bond acceptors (Lipinski definition) is 4. The SMILES string of the molecule is C[C@@H](O)c1n[nH]c(CN)n1. The van der Waals surface area contributed by atoms with Gasteiger partial charge in [0.15, 0.2) is 5.82 Å². The summed E-state index contributed by atoms with van der Waals surface area (Å²) in [6.07, 6.45) is -0.628. The highest BCUT2D eigenvalue weighted by molar-refractivity contribution is 4.91. The summed E-state index contributed by atoms with van der Waals surface area (Å²) in [7, 11) is 0. The smallest absolute Gasteiger partial charge is 0.178 e. The molecular weight excluding hydrogens is 132 g/mol. The lowest BCUT2D eigenvalue weighted by molar-refractivity contribution is 0.189. The van der Waals surface area contributed by atoms with Gasteiger partial charge in [0.05, 0.1) is 6.54 Å². The lowest BCUT2D eigenvalue weighted by atomic mass is 10.4. The van der Waals surface area contributed by atoms with Crippen molar-refractivity contribution in [3.8, 4) is 0 Å². The minimum absolute atomic E-state index is 0.319. The minimum Gasteiger partial charge on any atom is -0.385 e. The van der Waals surface area contributed by atoms with Gasteiger partial charge in [-0.25, -0.2) is 4.98 Å². The van der Waals surface area contributed by atoms with Crippen molar-refractivity contribution in [2.45, 2.75) is 19.6 Å². The molecule has 1 aromatic heterocycles. The van der Waals surface area contributed by atoms with Gasteiger partial charge in [0.1, 0.15) is 11.9 Å². The van der Waals surface area contributed by atoms with Gasteiger partial charge in [-0.1, -0.05) is 0 Å². The Bertz CT molecular complexity index is 207. The van der Waals surface area contributed by atoms with Crippen LogP contribution in [0, 0.1) is 0 Å². The number of aromatic amines is 1. The van der Waals surface area contributed by atoms with Crippen LogP contribution in [-0.4, -0.2) is 20.3 Å². The summed E-state index contributed by atoms with van der Waals surface area (Å²) in [5.41, 5.74) is 5.25. The Balaban J connectivity index is 2.78. The van der Waals surface area contributed by atoms with Crippen molar-refractivity contribution in [1.82, 2.24) is 15.2 Å². The Morgan fingerprint density at radius 1 is 1.80 bits per heavy atom. The number of rotatable bonds is 2. The maximum atomic E-state index is 8.95. The van der Waals surface area contributed by atoms with Crippen LogP contribution in [-0.2, 0) is 6.54 Å². The first-order chi connectivity index (χ1) is 4.74. The van der Waals surface area contributed by atoms with Crippen LogP contribution >= 0.6 is 0 Å². The quantitative estimate of drug-likeness (QED) is 0.510. The highest BCUT2D eigenvalue weighted by atomic mass is 16.3. The Labute approximate surface area is 58.3 Å². The molecule has 0 unspecified atom stereocenters. The standard InChI is InChI=1S/C5H10N4O/c1-3(10)5-7-4(2-6)8-9-5/h3,10H,2,6H2,1H3,(H,7,8,9)/t3-/m1/s1. The molecule has 0 aromatic carbocycles. The van der Waals surface area contributed by atoms with E-state index in [1.54, 1.807) is 6.92 Å². The van der Waals surface area contributed by atoms with Gasteiger partial charge in [0.25, 0.3) is 0 Å². The summed E-state index contributed by atoms with van der Waals surface area (Å²) in [5.74, 6) is 0.983. The topological polar surface area (TPSA) is 87.8 Å². The summed E-state index contributed by atoms with van der Waals surface area (Å²) >= 11 is 0. The monoisotopic (exact) mass is 142 g/mol. The van der Waals surface area contributed by atoms with E-state index in [9.17, 15) is 0 Å². The third-order valence-electron chi connectivity index (χ3n) is 1.12. The van der Waals surface area contributed by atoms with Gasteiger partial charge >= 0.3 is 0 Å². The molecule has 1 aromatic rings. The molecule has 0 bridgehead atoms. The van der Waals surface area contributed by atoms with E-state index in [1.165, 1.54) is 0 Å². The van der Waals surface area contributed by atoms with Crippen molar-refractivity contribution in [3.05, 3.63) is 11.6 Å². The number of nitrogens with zero attached hydrogens (tertiary/aromatic N) is 2. The summed E-state index contributed by atoms with van der Waals surface area (Å²) in [5, 5.41) is 15.3. The second-order valence-corrected chi connectivity index (χ2v) is 2.02. The molecule has 0 saturated heterocycles. The number of H-pyrrole nitrogens is 1. The van der Waals surface area contributed by atoms with Crippen LogP contribution in [0.1, 0.15) is 24.7 Å². The van der Waals surface area contributed by atoms with Gasteiger partial charge in [-0.3, -0.25) is 5.10 Å². The molecular formula is C5H10N4O. The molecule has 0 saturated carbocycles. The van der Waals surface area contributed by atoms with Crippen LogP contribution in [0.2, 0.25) is 0 Å². The van der Waals surface area contributed by atoms with Crippen molar-refractivity contribution in [3.63, 3.8) is 0 Å². The van der Waals surface area contributed by atoms with Gasteiger partial charge in [-0.05, 0) is 6.92 Å². The van der Waals surface area contributed by atoms with Crippen LogP contribution in [0.25, 0.3) is 0 Å². The average molecular weight is 142 g/mol. The number of nitrogens with two attached hydrogens (primary N) is 1. The van der Waals surface area contributed by atoms with Crippen molar-refractivity contribution >= 4 is 0 Å². The first-order valence-electron chi connectivity index (χ1n) is 3.03. The molecule has 0 aliphatic heterocycles. The molecule has 0 fully saturated rings. The largest absolute Gasteiger partial charge is 0.385 e. The van der Waals surface area contributed by atoms with Crippen LogP contribution in [0.4, 0.5) is 0 Å². The number of nitrogens with one attached hydrogen (secondary N) is 1. The van der Waals surface area contributed by atoms with Gasteiger partial charge in [0, 0.05) is 0 Å². The maximum Gasteiger partial charge on any atom is 0.178 e. The van der Waals surface area contributed by atoms with E-state index >= 15 is 0 Å². The van der Waals surface area contributed by atoms with E-state index in [4.69, 9.17) is 10.8 Å². The van der Waals surface area contributed by atoms with E-state index in [0.29, 0.717) is 18.2 Å². The number of aliphatic hydroxyl groups excluding tert-OH is 1. The fourth-order valence-corrected chi connectivity index (χ4v) is 0.588. The van der Waals surface area contributed by atoms with E-state index < -0.39 is 6.10 Å². The van der Waals surface area contributed by atoms with Gasteiger partial charge in [-0.2, -0.15) is 5.10 Å². The average Bonchev–Trinajstić information content (AvgIpc) is 2.34. The van der Waals surface area contributed by atoms with Crippen LogP contribution < -0.4 is 5.73 Å². The molecule has 10 heavy (non-hydrogen) atoms. The number of aliphatic hydroxyl groups is 1. The highest BCUT2D eigenvalue weighted by Crippen LogP contribution is 2.03. The zero-order valence-corrected chi connectivity index (χ0v) is 5.70. The lowest BCUT2D eigenvalue weighted by Gasteiger charge is -1.92. The normalized spacial score (nSPS) is 13.5. The first-order valence-corrected chi connectivity index (χ1v) is 3.03. The zero-order valence-electron chi connectivity index (χ0n) is 5.70. The van der Waals surface area contributed by atoms with Crippen molar-refractivity contribution in [1.29, 1.82) is 0 Å². The van der Waals surface area contributed by atoms with E-state index in [1.807, 2.05) is 0 Å². The predicted molar refractivity (Wildman–Crippen MR) is 34.9 cm³/mol. The van der Waals surface area contributed by atoms with E-state index in [-0.39, 0.29) is 0 Å². The fourth-order valence-electron chi connectivity index (χ4n) is 0.588. The summed E-state index contributed by atoms with van der Waals surface area (Å²) in [6, 6.07) is 0. The molecule has 5 heteroatoms. The third kappa shape index (κ3) is 1.31. The van der Waals surface area contributed by atoms with E-state index in [0.717, 1.165) is 0 Å². The lowest BCUT2D eigenvalue weighted by Crippen LogP contribution is -1.99. The first kappa shape index (κ1) is 7.17. The molecule has 56 valence electrons. The molecule has 0 aliphatic rings. The van der Waals surface area contributed by atoms with Crippen molar-refractivity contribution in [2.24, 2.45) is 5.73 Å². The molecule has 0 radical (unpaired) electrons. The number of hydrogen-bond donors (Lipinski definition) is 3. The Morgan fingerprint density at radius 3 is 2.80 bits per heavy atom. The molecule has 5 nitrogen and oxygen atoms in total. The highest BCUT2D eigenvalue weighted by Gasteiger charge is 2.05. The summed E-state index contributed by atoms with van der Waals surface area (Å²) in [6.45, 7) is 1.92. The van der Waals surface area contributed by atoms with Crippen LogP contribution in [0.15, 0.2) is 0 Å². The third-order valence-corrected chi connectivity index (χ3v) is 1.12. The molecule has 0 spiro atoms. The van der Waals surface area contributed by atoms with Gasteiger partial charge in [-0.15, -0.1) is 0 Å².